The molecule has 0 bridgehead atoms. The van der Waals surface area contributed by atoms with Crippen molar-refractivity contribution in [2.75, 3.05) is 32.7 Å². The van der Waals surface area contributed by atoms with Gasteiger partial charge in [0.25, 0.3) is 0 Å². The maximum Gasteiger partial charge on any atom is 0.191 e. The normalized spacial score (nSPS) is 21.9. The number of hydrogen-bond acceptors (Lipinski definition) is 3. The highest BCUT2D eigenvalue weighted by Gasteiger charge is 2.21. The second kappa shape index (κ2) is 11.6. The minimum Gasteiger partial charge on any atom is -0.357 e. The van der Waals surface area contributed by atoms with Crippen LogP contribution >= 0.6 is 24.0 Å². The number of pyridine rings is 1. The van der Waals surface area contributed by atoms with Gasteiger partial charge in [0, 0.05) is 38.9 Å². The number of guanidine groups is 1. The lowest BCUT2D eigenvalue weighted by atomic mass is 9.92. The van der Waals surface area contributed by atoms with Gasteiger partial charge in [0.2, 0.25) is 0 Å². The van der Waals surface area contributed by atoms with Crippen molar-refractivity contribution in [3.05, 3.63) is 30.1 Å². The van der Waals surface area contributed by atoms with Crippen molar-refractivity contribution in [3.8, 4) is 0 Å². The first-order valence-corrected chi connectivity index (χ1v) is 8.81. The van der Waals surface area contributed by atoms with Gasteiger partial charge in [-0.05, 0) is 37.3 Å². The number of piperidine rings is 1. The molecule has 1 aliphatic rings. The van der Waals surface area contributed by atoms with Crippen LogP contribution in [0.25, 0.3) is 0 Å². The van der Waals surface area contributed by atoms with Gasteiger partial charge < -0.3 is 15.5 Å². The summed E-state index contributed by atoms with van der Waals surface area (Å²) >= 11 is 0. The summed E-state index contributed by atoms with van der Waals surface area (Å²) in [6, 6.07) is 5.93. The van der Waals surface area contributed by atoms with E-state index in [1.807, 2.05) is 24.4 Å². The summed E-state index contributed by atoms with van der Waals surface area (Å²) in [5.41, 5.74) is 0.989. The van der Waals surface area contributed by atoms with Gasteiger partial charge in [-0.25, -0.2) is 4.99 Å². The van der Waals surface area contributed by atoms with Crippen molar-refractivity contribution in [2.24, 2.45) is 16.8 Å². The van der Waals surface area contributed by atoms with Crippen LogP contribution in [0.2, 0.25) is 0 Å². The molecule has 1 aliphatic heterocycles. The Morgan fingerprint density at radius 3 is 2.62 bits per heavy atom. The lowest BCUT2D eigenvalue weighted by molar-refractivity contribution is 0.143. The van der Waals surface area contributed by atoms with E-state index in [1.54, 1.807) is 0 Å². The van der Waals surface area contributed by atoms with Crippen molar-refractivity contribution in [1.29, 1.82) is 0 Å². The molecule has 0 saturated carbocycles. The van der Waals surface area contributed by atoms with Gasteiger partial charge in [0.1, 0.15) is 0 Å². The molecule has 2 rings (SSSR count). The third kappa shape index (κ3) is 7.79. The van der Waals surface area contributed by atoms with E-state index >= 15 is 0 Å². The van der Waals surface area contributed by atoms with Gasteiger partial charge in [-0.3, -0.25) is 4.98 Å². The van der Waals surface area contributed by atoms with Gasteiger partial charge >= 0.3 is 0 Å². The van der Waals surface area contributed by atoms with Gasteiger partial charge in [-0.15, -0.1) is 24.0 Å². The Hall–Kier alpha value is -0.890. The summed E-state index contributed by atoms with van der Waals surface area (Å²) in [4.78, 5) is 11.5. The fraction of sp³-hybridized carbons (Fsp3) is 0.667. The molecule has 2 unspecified atom stereocenters. The van der Waals surface area contributed by atoms with Crippen molar-refractivity contribution in [2.45, 2.75) is 33.7 Å². The Bertz CT molecular complexity index is 470. The summed E-state index contributed by atoms with van der Waals surface area (Å²) in [7, 11) is 0. The molecule has 0 spiro atoms. The van der Waals surface area contributed by atoms with Crippen molar-refractivity contribution >= 4 is 29.9 Å². The standard InChI is InChI=1S/C18H31N5.HI/c1-4-19-18(22-12-17-7-5-6-8-20-17)21-9-10-23-13-15(2)11-16(3)14-23;/h5-8,15-16H,4,9-14H2,1-3H3,(H2,19,21,22);1H. The zero-order valence-corrected chi connectivity index (χ0v) is 17.5. The molecule has 1 saturated heterocycles. The zero-order valence-electron chi connectivity index (χ0n) is 15.2. The van der Waals surface area contributed by atoms with Crippen LogP contribution in [-0.4, -0.2) is 48.6 Å². The minimum absolute atomic E-state index is 0. The smallest absolute Gasteiger partial charge is 0.191 e. The second-order valence-electron chi connectivity index (χ2n) is 6.65. The Kier molecular flexibility index (Phi) is 10.2. The molecule has 1 fully saturated rings. The highest BCUT2D eigenvalue weighted by molar-refractivity contribution is 14.0. The molecule has 6 heteroatoms. The fourth-order valence-electron chi connectivity index (χ4n) is 3.30. The monoisotopic (exact) mass is 445 g/mol. The fourth-order valence-corrected chi connectivity index (χ4v) is 3.30. The molecule has 2 N–H and O–H groups in total. The lowest BCUT2D eigenvalue weighted by Crippen LogP contribution is -2.45. The largest absolute Gasteiger partial charge is 0.357 e. The lowest BCUT2D eigenvalue weighted by Gasteiger charge is -2.35. The quantitative estimate of drug-likeness (QED) is 0.402. The van der Waals surface area contributed by atoms with Crippen LogP contribution in [0.15, 0.2) is 29.4 Å². The minimum atomic E-state index is 0. The van der Waals surface area contributed by atoms with Gasteiger partial charge in [0.05, 0.1) is 12.2 Å². The number of likely N-dealkylation sites (tertiary alicyclic amines) is 1. The average molecular weight is 445 g/mol. The molecule has 24 heavy (non-hydrogen) atoms. The molecule has 1 aromatic rings. The summed E-state index contributed by atoms with van der Waals surface area (Å²) in [5.74, 6) is 2.49. The van der Waals surface area contributed by atoms with Gasteiger partial charge in [-0.2, -0.15) is 0 Å². The number of rotatable bonds is 6. The van der Waals surface area contributed by atoms with E-state index in [0.29, 0.717) is 6.54 Å². The molecule has 2 heterocycles. The van der Waals surface area contributed by atoms with Gasteiger partial charge in [0.15, 0.2) is 5.96 Å². The van der Waals surface area contributed by atoms with E-state index in [4.69, 9.17) is 0 Å². The molecule has 0 radical (unpaired) electrons. The molecule has 1 aromatic heterocycles. The highest BCUT2D eigenvalue weighted by atomic mass is 127. The van der Waals surface area contributed by atoms with E-state index in [1.165, 1.54) is 19.5 Å². The predicted octanol–water partition coefficient (Wildman–Crippen LogP) is 2.73. The first-order chi connectivity index (χ1) is 11.2. The van der Waals surface area contributed by atoms with Crippen molar-refractivity contribution < 1.29 is 0 Å². The molecule has 0 aromatic carbocycles. The Morgan fingerprint density at radius 2 is 2.00 bits per heavy atom. The second-order valence-corrected chi connectivity index (χ2v) is 6.65. The number of aromatic nitrogens is 1. The highest BCUT2D eigenvalue weighted by Crippen LogP contribution is 2.20. The van der Waals surface area contributed by atoms with Crippen LogP contribution in [0, 0.1) is 11.8 Å². The average Bonchev–Trinajstić information content (AvgIpc) is 2.53. The van der Waals surface area contributed by atoms with E-state index in [0.717, 1.165) is 43.1 Å². The predicted molar refractivity (Wildman–Crippen MR) is 112 cm³/mol. The van der Waals surface area contributed by atoms with E-state index in [-0.39, 0.29) is 24.0 Å². The Labute approximate surface area is 163 Å². The number of hydrogen-bond donors (Lipinski definition) is 2. The van der Waals surface area contributed by atoms with Crippen molar-refractivity contribution in [1.82, 2.24) is 20.5 Å². The number of aliphatic imine (C=N–C) groups is 1. The molecule has 0 aliphatic carbocycles. The molecule has 2 atom stereocenters. The summed E-state index contributed by atoms with van der Waals surface area (Å²) in [5, 5.41) is 6.74. The topological polar surface area (TPSA) is 52.6 Å². The first-order valence-electron chi connectivity index (χ1n) is 8.81. The summed E-state index contributed by atoms with van der Waals surface area (Å²) in [6.45, 7) is 12.7. The summed E-state index contributed by atoms with van der Waals surface area (Å²) < 4.78 is 0. The maximum atomic E-state index is 4.61. The number of halogens is 1. The third-order valence-electron chi connectivity index (χ3n) is 4.13. The van der Waals surface area contributed by atoms with Crippen LogP contribution in [0.3, 0.4) is 0 Å². The van der Waals surface area contributed by atoms with Crippen molar-refractivity contribution in [3.63, 3.8) is 0 Å². The van der Waals surface area contributed by atoms with Crippen LogP contribution in [0.5, 0.6) is 0 Å². The summed E-state index contributed by atoms with van der Waals surface area (Å²) in [6.07, 6.45) is 3.17. The Balaban J connectivity index is 0.00000288. The number of nitrogens with one attached hydrogen (secondary N) is 2. The molecule has 136 valence electrons. The maximum absolute atomic E-state index is 4.61. The van der Waals surface area contributed by atoms with E-state index in [9.17, 15) is 0 Å². The molecular weight excluding hydrogens is 413 g/mol. The van der Waals surface area contributed by atoms with Gasteiger partial charge in [-0.1, -0.05) is 19.9 Å². The van der Waals surface area contributed by atoms with Crippen LogP contribution in [0.1, 0.15) is 32.9 Å². The van der Waals surface area contributed by atoms with Crippen LogP contribution in [0.4, 0.5) is 0 Å². The molecular formula is C18H32IN5. The third-order valence-corrected chi connectivity index (χ3v) is 4.13. The van der Waals surface area contributed by atoms with E-state index < -0.39 is 0 Å². The first kappa shape index (κ1) is 21.2. The molecule has 5 nitrogen and oxygen atoms in total. The number of nitrogens with zero attached hydrogens (tertiary/aromatic N) is 3. The Morgan fingerprint density at radius 1 is 1.25 bits per heavy atom. The SMILES string of the molecule is CCNC(=NCc1ccccn1)NCCN1CC(C)CC(C)C1.I. The zero-order chi connectivity index (χ0) is 16.5. The molecule has 0 amide bonds. The van der Waals surface area contributed by atoms with Crippen LogP contribution < -0.4 is 10.6 Å². The van der Waals surface area contributed by atoms with E-state index in [2.05, 4.69) is 46.3 Å². The van der Waals surface area contributed by atoms with Crippen LogP contribution in [-0.2, 0) is 6.54 Å².